The first-order valence-corrected chi connectivity index (χ1v) is 9.31. The smallest absolute Gasteiger partial charge is 0.268 e. The van der Waals surface area contributed by atoms with Gasteiger partial charge in [-0.25, -0.2) is 4.98 Å². The number of carbonyl (C=O) groups excluding carboxylic acids is 1. The number of amides is 1. The minimum absolute atomic E-state index is 0.208. The molecule has 4 rings (SSSR count). The number of hydrogen-bond donors (Lipinski definition) is 1. The van der Waals surface area contributed by atoms with Gasteiger partial charge in [0.1, 0.15) is 10.6 Å². The highest BCUT2D eigenvalue weighted by Crippen LogP contribution is 2.31. The molecule has 0 unspecified atom stereocenters. The number of nitrogens with one attached hydrogen (secondary N) is 1. The largest absolute Gasteiger partial charge is 0.455 e. The third kappa shape index (κ3) is 3.88. The summed E-state index contributed by atoms with van der Waals surface area (Å²) in [6.45, 7) is 0. The molecule has 0 aliphatic carbocycles. The highest BCUT2D eigenvalue weighted by molar-refractivity contribution is 7.12. The van der Waals surface area contributed by atoms with Crippen LogP contribution in [0.2, 0.25) is 0 Å². The molecule has 4 aromatic rings. The lowest BCUT2D eigenvalue weighted by molar-refractivity contribution is 0.103. The van der Waals surface area contributed by atoms with Gasteiger partial charge in [-0.05, 0) is 24.3 Å². The van der Waals surface area contributed by atoms with Gasteiger partial charge in [0.15, 0.2) is 5.75 Å². The Bertz CT molecular complexity index is 1050. The van der Waals surface area contributed by atoms with Crippen LogP contribution in [0.15, 0.2) is 90.4 Å². The molecule has 0 saturated carbocycles. The van der Waals surface area contributed by atoms with Crippen molar-refractivity contribution in [3.63, 3.8) is 0 Å². The summed E-state index contributed by atoms with van der Waals surface area (Å²) < 4.78 is 5.92. The molecule has 1 aromatic heterocycles. The summed E-state index contributed by atoms with van der Waals surface area (Å²) in [4.78, 5) is 17.8. The monoisotopic (exact) mass is 372 g/mol. The van der Waals surface area contributed by atoms with Crippen LogP contribution in [0.25, 0.3) is 11.3 Å². The minimum Gasteiger partial charge on any atom is -0.455 e. The quantitative estimate of drug-likeness (QED) is 0.478. The molecule has 1 amide bonds. The molecule has 0 bridgehead atoms. The Hall–Kier alpha value is -3.44. The van der Waals surface area contributed by atoms with Crippen molar-refractivity contribution in [3.8, 4) is 22.8 Å². The number of benzene rings is 3. The van der Waals surface area contributed by atoms with E-state index in [9.17, 15) is 4.79 Å². The van der Waals surface area contributed by atoms with Crippen molar-refractivity contribution in [3.05, 3.63) is 95.3 Å². The van der Waals surface area contributed by atoms with Crippen LogP contribution >= 0.6 is 11.3 Å². The Kier molecular flexibility index (Phi) is 4.94. The second kappa shape index (κ2) is 7.85. The number of rotatable bonds is 5. The molecule has 0 fully saturated rings. The molecule has 132 valence electrons. The maximum Gasteiger partial charge on any atom is 0.268 e. The second-order valence-corrected chi connectivity index (χ2v) is 6.62. The fourth-order valence-corrected chi connectivity index (χ4v) is 3.37. The van der Waals surface area contributed by atoms with E-state index in [0.29, 0.717) is 27.8 Å². The number of hydrogen-bond acceptors (Lipinski definition) is 4. The summed E-state index contributed by atoms with van der Waals surface area (Å²) in [6, 6.07) is 26.5. The molecule has 27 heavy (non-hydrogen) atoms. The summed E-state index contributed by atoms with van der Waals surface area (Å²) >= 11 is 1.32. The number of ether oxygens (including phenoxy) is 1. The number of para-hydroxylation sites is 3. The Balaban J connectivity index is 1.59. The van der Waals surface area contributed by atoms with Crippen LogP contribution in [0, 0.1) is 0 Å². The second-order valence-electron chi connectivity index (χ2n) is 5.76. The normalized spacial score (nSPS) is 10.4. The molecule has 0 atom stereocenters. The average molecular weight is 372 g/mol. The SMILES string of the molecule is O=C(Nc1ccccc1Oc1ccccc1)c1scnc1-c1ccccc1. The number of carbonyl (C=O) groups is 1. The fraction of sp³-hybridized carbons (Fsp3) is 0. The van der Waals surface area contributed by atoms with E-state index in [1.807, 2.05) is 84.9 Å². The molecule has 5 heteroatoms. The Morgan fingerprint density at radius 3 is 2.30 bits per heavy atom. The molecule has 0 saturated heterocycles. The van der Waals surface area contributed by atoms with E-state index in [2.05, 4.69) is 10.3 Å². The van der Waals surface area contributed by atoms with E-state index in [1.54, 1.807) is 5.51 Å². The van der Waals surface area contributed by atoms with E-state index in [0.717, 1.165) is 5.56 Å². The van der Waals surface area contributed by atoms with Crippen LogP contribution in [-0.4, -0.2) is 10.9 Å². The highest BCUT2D eigenvalue weighted by atomic mass is 32.1. The van der Waals surface area contributed by atoms with Gasteiger partial charge >= 0.3 is 0 Å². The molecule has 3 aromatic carbocycles. The maximum absolute atomic E-state index is 12.9. The van der Waals surface area contributed by atoms with Gasteiger partial charge < -0.3 is 10.1 Å². The van der Waals surface area contributed by atoms with Crippen LogP contribution in [0.4, 0.5) is 5.69 Å². The number of nitrogens with zero attached hydrogens (tertiary/aromatic N) is 1. The molecule has 0 aliphatic rings. The zero-order valence-electron chi connectivity index (χ0n) is 14.3. The molecular weight excluding hydrogens is 356 g/mol. The van der Waals surface area contributed by atoms with Crippen molar-refractivity contribution in [2.24, 2.45) is 0 Å². The van der Waals surface area contributed by atoms with Gasteiger partial charge in [-0.3, -0.25) is 4.79 Å². The molecule has 0 radical (unpaired) electrons. The van der Waals surface area contributed by atoms with Gasteiger partial charge in [-0.15, -0.1) is 11.3 Å². The summed E-state index contributed by atoms with van der Waals surface area (Å²) in [7, 11) is 0. The molecule has 1 N–H and O–H groups in total. The van der Waals surface area contributed by atoms with Crippen LogP contribution in [0.1, 0.15) is 9.67 Å². The summed E-state index contributed by atoms with van der Waals surface area (Å²) in [5.74, 6) is 1.09. The number of thiazole rings is 1. The Morgan fingerprint density at radius 2 is 1.52 bits per heavy atom. The van der Waals surface area contributed by atoms with Crippen LogP contribution in [0.3, 0.4) is 0 Å². The zero-order valence-corrected chi connectivity index (χ0v) is 15.1. The number of anilines is 1. The highest BCUT2D eigenvalue weighted by Gasteiger charge is 2.17. The van der Waals surface area contributed by atoms with Gasteiger partial charge in [0.2, 0.25) is 0 Å². The van der Waals surface area contributed by atoms with Crippen molar-refractivity contribution >= 4 is 22.9 Å². The van der Waals surface area contributed by atoms with Gasteiger partial charge in [0, 0.05) is 5.56 Å². The van der Waals surface area contributed by atoms with E-state index in [-0.39, 0.29) is 5.91 Å². The standard InChI is InChI=1S/C22H16N2O2S/c25-22(21-20(23-15-27-21)16-9-3-1-4-10-16)24-18-13-7-8-14-19(18)26-17-11-5-2-6-12-17/h1-15H,(H,24,25). The van der Waals surface area contributed by atoms with Crippen molar-refractivity contribution in [1.29, 1.82) is 0 Å². The molecule has 1 heterocycles. The van der Waals surface area contributed by atoms with E-state index >= 15 is 0 Å². The molecular formula is C22H16N2O2S. The summed E-state index contributed by atoms with van der Waals surface area (Å²) in [5.41, 5.74) is 3.89. The average Bonchev–Trinajstić information content (AvgIpc) is 3.21. The third-order valence-corrected chi connectivity index (χ3v) is 4.75. The van der Waals surface area contributed by atoms with Crippen LogP contribution < -0.4 is 10.1 Å². The first-order valence-electron chi connectivity index (χ1n) is 8.43. The summed E-state index contributed by atoms with van der Waals surface area (Å²) in [5, 5.41) is 2.95. The first-order chi connectivity index (χ1) is 13.3. The number of aromatic nitrogens is 1. The van der Waals surface area contributed by atoms with E-state index < -0.39 is 0 Å². The maximum atomic E-state index is 12.9. The molecule has 0 spiro atoms. The van der Waals surface area contributed by atoms with Gasteiger partial charge in [-0.2, -0.15) is 0 Å². The van der Waals surface area contributed by atoms with Gasteiger partial charge in [0.05, 0.1) is 16.9 Å². The lowest BCUT2D eigenvalue weighted by atomic mass is 10.1. The van der Waals surface area contributed by atoms with Gasteiger partial charge in [-0.1, -0.05) is 60.7 Å². The first kappa shape index (κ1) is 17.0. The van der Waals surface area contributed by atoms with Crippen molar-refractivity contribution < 1.29 is 9.53 Å². The minimum atomic E-state index is -0.208. The fourth-order valence-electron chi connectivity index (χ4n) is 2.66. The predicted octanol–water partition coefficient (Wildman–Crippen LogP) is 5.85. The van der Waals surface area contributed by atoms with Crippen molar-refractivity contribution in [1.82, 2.24) is 4.98 Å². The van der Waals surface area contributed by atoms with Crippen LogP contribution in [-0.2, 0) is 0 Å². The van der Waals surface area contributed by atoms with E-state index in [1.165, 1.54) is 11.3 Å². The van der Waals surface area contributed by atoms with Crippen molar-refractivity contribution in [2.45, 2.75) is 0 Å². The Morgan fingerprint density at radius 1 is 0.852 bits per heavy atom. The third-order valence-electron chi connectivity index (χ3n) is 3.93. The van der Waals surface area contributed by atoms with E-state index in [4.69, 9.17) is 4.74 Å². The lowest BCUT2D eigenvalue weighted by Gasteiger charge is -2.12. The lowest BCUT2D eigenvalue weighted by Crippen LogP contribution is -2.12. The van der Waals surface area contributed by atoms with Crippen molar-refractivity contribution in [2.75, 3.05) is 5.32 Å². The molecule has 4 nitrogen and oxygen atoms in total. The topological polar surface area (TPSA) is 51.2 Å². The van der Waals surface area contributed by atoms with Gasteiger partial charge in [0.25, 0.3) is 5.91 Å². The van der Waals surface area contributed by atoms with Crippen LogP contribution in [0.5, 0.6) is 11.5 Å². The predicted molar refractivity (Wildman–Crippen MR) is 108 cm³/mol. The molecule has 0 aliphatic heterocycles. The Labute approximate surface area is 161 Å². The summed E-state index contributed by atoms with van der Waals surface area (Å²) in [6.07, 6.45) is 0. The zero-order chi connectivity index (χ0) is 18.5.